The number of rotatable bonds is 3. The van der Waals surface area contributed by atoms with E-state index in [0.29, 0.717) is 5.82 Å². The Morgan fingerprint density at radius 3 is 2.68 bits per heavy atom. The summed E-state index contributed by atoms with van der Waals surface area (Å²) in [7, 11) is 0. The fraction of sp³-hybridized carbons (Fsp3) is 0.0909. The van der Waals surface area contributed by atoms with E-state index in [4.69, 9.17) is 5.11 Å². The van der Waals surface area contributed by atoms with Gasteiger partial charge in [-0.3, -0.25) is 4.79 Å². The first-order valence-electron chi connectivity index (χ1n) is 5.10. The van der Waals surface area contributed by atoms with Crippen molar-refractivity contribution in [3.05, 3.63) is 38.4 Å². The minimum atomic E-state index is -1.16. The summed E-state index contributed by atoms with van der Waals surface area (Å²) in [5.74, 6) is -1.25. The minimum absolute atomic E-state index is 0.0831. The van der Waals surface area contributed by atoms with Gasteiger partial charge in [0.2, 0.25) is 0 Å². The molecule has 0 aliphatic carbocycles. The number of aromatic nitrogens is 2. The number of thiazole rings is 1. The molecule has 98 valence electrons. The van der Waals surface area contributed by atoms with E-state index in [9.17, 15) is 9.59 Å². The monoisotopic (exact) mass is 341 g/mol. The van der Waals surface area contributed by atoms with Crippen molar-refractivity contribution in [3.8, 4) is 0 Å². The third-order valence-electron chi connectivity index (χ3n) is 2.18. The number of hydrogen-bond donors (Lipinski definition) is 2. The third-order valence-corrected chi connectivity index (χ3v) is 3.86. The largest absolute Gasteiger partial charge is 0.476 e. The molecule has 0 spiro atoms. The van der Waals surface area contributed by atoms with E-state index in [-0.39, 0.29) is 10.7 Å². The van der Waals surface area contributed by atoms with E-state index in [2.05, 4.69) is 31.2 Å². The van der Waals surface area contributed by atoms with E-state index in [0.717, 1.165) is 21.5 Å². The zero-order chi connectivity index (χ0) is 14.0. The van der Waals surface area contributed by atoms with Crippen molar-refractivity contribution in [2.45, 2.75) is 6.92 Å². The molecule has 0 atom stereocenters. The first kappa shape index (κ1) is 13.6. The molecule has 2 aromatic rings. The van der Waals surface area contributed by atoms with Gasteiger partial charge in [-0.05, 0) is 35.0 Å². The Hall–Kier alpha value is -1.80. The van der Waals surface area contributed by atoms with Gasteiger partial charge in [0.15, 0.2) is 10.7 Å². The van der Waals surface area contributed by atoms with E-state index >= 15 is 0 Å². The number of halogens is 1. The Morgan fingerprint density at radius 1 is 1.37 bits per heavy atom. The van der Waals surface area contributed by atoms with Crippen molar-refractivity contribution in [2.75, 3.05) is 5.32 Å². The van der Waals surface area contributed by atoms with Gasteiger partial charge in [-0.25, -0.2) is 14.8 Å². The summed E-state index contributed by atoms with van der Waals surface area (Å²) in [6.45, 7) is 1.80. The fourth-order valence-corrected chi connectivity index (χ4v) is 2.17. The van der Waals surface area contributed by atoms with E-state index in [1.54, 1.807) is 19.1 Å². The molecule has 0 radical (unpaired) electrons. The zero-order valence-corrected chi connectivity index (χ0v) is 12.1. The first-order chi connectivity index (χ1) is 8.97. The summed E-state index contributed by atoms with van der Waals surface area (Å²) in [5, 5.41) is 12.7. The molecule has 0 aliphatic heterocycles. The number of pyridine rings is 1. The van der Waals surface area contributed by atoms with Crippen LogP contribution in [-0.2, 0) is 0 Å². The Balaban J connectivity index is 2.15. The number of aromatic carboxylic acids is 1. The average Bonchev–Trinajstić information content (AvgIpc) is 2.83. The highest BCUT2D eigenvalue weighted by molar-refractivity contribution is 9.10. The molecule has 0 unspecified atom stereocenters. The van der Waals surface area contributed by atoms with Gasteiger partial charge in [0.1, 0.15) is 5.82 Å². The average molecular weight is 342 g/mol. The molecule has 0 bridgehead atoms. The summed E-state index contributed by atoms with van der Waals surface area (Å²) < 4.78 is 0.841. The highest BCUT2D eigenvalue weighted by Crippen LogP contribution is 2.17. The van der Waals surface area contributed by atoms with Gasteiger partial charge in [0.05, 0.1) is 5.69 Å². The summed E-state index contributed by atoms with van der Waals surface area (Å²) in [4.78, 5) is 30.4. The number of carboxylic acids is 1. The van der Waals surface area contributed by atoms with Crippen LogP contribution in [0.15, 0.2) is 22.0 Å². The Labute approximate surface area is 120 Å². The van der Waals surface area contributed by atoms with E-state index in [1.807, 2.05) is 0 Å². The number of carbonyl (C=O) groups excluding carboxylic acids is 1. The Morgan fingerprint density at radius 2 is 2.11 bits per heavy atom. The van der Waals surface area contributed by atoms with Gasteiger partial charge in [0.25, 0.3) is 5.91 Å². The number of aryl methyl sites for hydroxylation is 1. The molecular formula is C11H8BrN3O3S. The molecule has 0 aliphatic rings. The topological polar surface area (TPSA) is 92.2 Å². The summed E-state index contributed by atoms with van der Waals surface area (Å²) in [6.07, 6.45) is 0. The second-order valence-corrected chi connectivity index (χ2v) is 5.27. The lowest BCUT2D eigenvalue weighted by Gasteiger charge is -2.04. The standard InChI is InChI=1S/C11H8BrN3O3S/c1-5-6(12)2-3-8(13-5)15-9(16)10-14-7(4-19-10)11(17)18/h2-4H,1H3,(H,17,18)(H,13,15,16). The second kappa shape index (κ2) is 5.45. The highest BCUT2D eigenvalue weighted by atomic mass is 79.9. The van der Waals surface area contributed by atoms with Gasteiger partial charge >= 0.3 is 5.97 Å². The van der Waals surface area contributed by atoms with Crippen molar-refractivity contribution >= 4 is 45.0 Å². The predicted octanol–water partition coefficient (Wildman–Crippen LogP) is 2.56. The second-order valence-electron chi connectivity index (χ2n) is 3.56. The predicted molar refractivity (Wildman–Crippen MR) is 73.7 cm³/mol. The lowest BCUT2D eigenvalue weighted by molar-refractivity contribution is 0.0691. The van der Waals surface area contributed by atoms with Crippen molar-refractivity contribution in [3.63, 3.8) is 0 Å². The lowest BCUT2D eigenvalue weighted by Crippen LogP contribution is -2.13. The van der Waals surface area contributed by atoms with Gasteiger partial charge in [-0.1, -0.05) is 0 Å². The normalized spacial score (nSPS) is 10.2. The van der Waals surface area contributed by atoms with Gasteiger partial charge < -0.3 is 10.4 Å². The summed E-state index contributed by atoms with van der Waals surface area (Å²) >= 11 is 4.28. The van der Waals surface area contributed by atoms with Crippen LogP contribution in [0.3, 0.4) is 0 Å². The van der Waals surface area contributed by atoms with Crippen LogP contribution in [0.25, 0.3) is 0 Å². The fourth-order valence-electron chi connectivity index (χ4n) is 1.26. The highest BCUT2D eigenvalue weighted by Gasteiger charge is 2.15. The number of amides is 1. The zero-order valence-electron chi connectivity index (χ0n) is 9.68. The van der Waals surface area contributed by atoms with Crippen molar-refractivity contribution in [1.82, 2.24) is 9.97 Å². The maximum atomic E-state index is 11.8. The Kier molecular flexibility index (Phi) is 3.91. The molecule has 1 amide bonds. The maximum Gasteiger partial charge on any atom is 0.355 e. The van der Waals surface area contributed by atoms with Crippen LogP contribution < -0.4 is 5.32 Å². The van der Waals surface area contributed by atoms with Crippen molar-refractivity contribution < 1.29 is 14.7 Å². The van der Waals surface area contributed by atoms with Crippen LogP contribution in [0.5, 0.6) is 0 Å². The number of hydrogen-bond acceptors (Lipinski definition) is 5. The van der Waals surface area contributed by atoms with Crippen LogP contribution in [0.1, 0.15) is 26.0 Å². The molecule has 2 N–H and O–H groups in total. The molecule has 6 nitrogen and oxygen atoms in total. The number of nitrogens with zero attached hydrogens (tertiary/aromatic N) is 2. The summed E-state index contributed by atoms with van der Waals surface area (Å²) in [6, 6.07) is 3.41. The third kappa shape index (κ3) is 3.15. The molecular weight excluding hydrogens is 334 g/mol. The minimum Gasteiger partial charge on any atom is -0.476 e. The molecule has 0 aromatic carbocycles. The number of anilines is 1. The van der Waals surface area contributed by atoms with Gasteiger partial charge in [-0.2, -0.15) is 0 Å². The smallest absolute Gasteiger partial charge is 0.355 e. The molecule has 0 saturated heterocycles. The summed E-state index contributed by atoms with van der Waals surface area (Å²) in [5.41, 5.74) is 0.596. The van der Waals surface area contributed by atoms with Crippen LogP contribution in [0, 0.1) is 6.92 Å². The van der Waals surface area contributed by atoms with Crippen LogP contribution in [0.4, 0.5) is 5.82 Å². The number of carboxylic acid groups (broad SMARTS) is 1. The van der Waals surface area contributed by atoms with E-state index in [1.165, 1.54) is 5.38 Å². The SMILES string of the molecule is Cc1nc(NC(=O)c2nc(C(=O)O)cs2)ccc1Br. The molecule has 2 heterocycles. The van der Waals surface area contributed by atoms with Crippen LogP contribution in [-0.4, -0.2) is 27.0 Å². The lowest BCUT2D eigenvalue weighted by atomic mass is 10.3. The molecule has 19 heavy (non-hydrogen) atoms. The maximum absolute atomic E-state index is 11.8. The van der Waals surface area contributed by atoms with Gasteiger partial charge in [-0.15, -0.1) is 11.3 Å². The molecule has 2 aromatic heterocycles. The first-order valence-corrected chi connectivity index (χ1v) is 6.78. The van der Waals surface area contributed by atoms with E-state index < -0.39 is 11.9 Å². The molecule has 2 rings (SSSR count). The van der Waals surface area contributed by atoms with Gasteiger partial charge in [0, 0.05) is 9.85 Å². The quantitative estimate of drug-likeness (QED) is 0.894. The number of carbonyl (C=O) groups is 2. The van der Waals surface area contributed by atoms with Crippen LogP contribution >= 0.6 is 27.3 Å². The van der Waals surface area contributed by atoms with Crippen molar-refractivity contribution in [2.24, 2.45) is 0 Å². The number of nitrogens with one attached hydrogen (secondary N) is 1. The molecule has 0 saturated carbocycles. The Bertz CT molecular complexity index is 656. The van der Waals surface area contributed by atoms with Crippen molar-refractivity contribution in [1.29, 1.82) is 0 Å². The molecule has 0 fully saturated rings. The molecule has 8 heteroatoms. The van der Waals surface area contributed by atoms with Crippen LogP contribution in [0.2, 0.25) is 0 Å².